The number of para-hydroxylation sites is 2. The molecule has 1 aliphatic rings. The van der Waals surface area contributed by atoms with Gasteiger partial charge in [0.1, 0.15) is 0 Å². The summed E-state index contributed by atoms with van der Waals surface area (Å²) in [6, 6.07) is 15.1. The highest BCUT2D eigenvalue weighted by molar-refractivity contribution is 6.34. The number of hydrogen-bond donors (Lipinski definition) is 1. The largest absolute Gasteiger partial charge is 0.370 e. The lowest BCUT2D eigenvalue weighted by molar-refractivity contribution is 0.102. The maximum Gasteiger partial charge on any atom is 0.257 e. The zero-order valence-electron chi connectivity index (χ0n) is 13.3. The van der Waals surface area contributed by atoms with Gasteiger partial charge in [-0.25, -0.2) is 0 Å². The molecule has 0 aliphatic carbocycles. The summed E-state index contributed by atoms with van der Waals surface area (Å²) in [4.78, 5) is 14.9. The van der Waals surface area contributed by atoms with Crippen molar-refractivity contribution in [2.75, 3.05) is 23.3 Å². The van der Waals surface area contributed by atoms with E-state index in [4.69, 9.17) is 11.6 Å². The number of benzene rings is 2. The summed E-state index contributed by atoms with van der Waals surface area (Å²) in [6.45, 7) is 4.35. The quantitative estimate of drug-likeness (QED) is 0.875. The van der Waals surface area contributed by atoms with Crippen LogP contribution in [0, 0.1) is 5.92 Å². The van der Waals surface area contributed by atoms with E-state index in [0.717, 1.165) is 30.4 Å². The maximum absolute atomic E-state index is 12.5. The van der Waals surface area contributed by atoms with Gasteiger partial charge in [0.25, 0.3) is 5.91 Å². The van der Waals surface area contributed by atoms with E-state index in [2.05, 4.69) is 23.2 Å². The van der Waals surface area contributed by atoms with Gasteiger partial charge in [0.2, 0.25) is 0 Å². The molecule has 1 amide bonds. The number of hydrogen-bond acceptors (Lipinski definition) is 2. The van der Waals surface area contributed by atoms with Crippen LogP contribution in [0.2, 0.25) is 5.02 Å². The van der Waals surface area contributed by atoms with Crippen molar-refractivity contribution in [1.29, 1.82) is 0 Å². The van der Waals surface area contributed by atoms with Crippen LogP contribution in [-0.2, 0) is 0 Å². The van der Waals surface area contributed by atoms with Crippen molar-refractivity contribution in [3.8, 4) is 0 Å². The van der Waals surface area contributed by atoms with E-state index in [1.807, 2.05) is 30.3 Å². The molecule has 0 aromatic heterocycles. The molecule has 0 bridgehead atoms. The number of anilines is 2. The van der Waals surface area contributed by atoms with Gasteiger partial charge in [-0.05, 0) is 43.0 Å². The van der Waals surface area contributed by atoms with Crippen LogP contribution in [0.4, 0.5) is 11.4 Å². The molecule has 1 heterocycles. The molecule has 0 saturated carbocycles. The predicted molar refractivity (Wildman–Crippen MR) is 96.5 cm³/mol. The minimum absolute atomic E-state index is 0.173. The van der Waals surface area contributed by atoms with Gasteiger partial charge < -0.3 is 10.2 Å². The Morgan fingerprint density at radius 3 is 2.48 bits per heavy atom. The van der Waals surface area contributed by atoms with Crippen LogP contribution >= 0.6 is 11.6 Å². The van der Waals surface area contributed by atoms with E-state index in [0.29, 0.717) is 10.6 Å². The van der Waals surface area contributed by atoms with Crippen LogP contribution in [0.5, 0.6) is 0 Å². The Labute approximate surface area is 142 Å². The van der Waals surface area contributed by atoms with E-state index in [9.17, 15) is 4.79 Å². The van der Waals surface area contributed by atoms with Crippen LogP contribution in [0.1, 0.15) is 30.1 Å². The lowest BCUT2D eigenvalue weighted by Gasteiger charge is -2.33. The third-order valence-corrected chi connectivity index (χ3v) is 4.72. The number of amides is 1. The first-order valence-corrected chi connectivity index (χ1v) is 8.43. The summed E-state index contributed by atoms with van der Waals surface area (Å²) in [6.07, 6.45) is 2.37. The molecule has 3 rings (SSSR count). The van der Waals surface area contributed by atoms with Crippen LogP contribution < -0.4 is 10.2 Å². The Kier molecular flexibility index (Phi) is 4.87. The van der Waals surface area contributed by atoms with Gasteiger partial charge in [0.05, 0.1) is 22.0 Å². The smallest absolute Gasteiger partial charge is 0.257 e. The standard InChI is InChI=1S/C19H21ClN2O/c1-14-10-12-22(13-11-14)18-9-5-4-8-17(18)21-19(23)15-6-2-3-7-16(15)20/h2-9,14H,10-13H2,1H3,(H,21,23). The molecule has 23 heavy (non-hydrogen) atoms. The Bertz CT molecular complexity index is 693. The molecule has 1 saturated heterocycles. The molecule has 0 spiro atoms. The molecule has 2 aromatic carbocycles. The van der Waals surface area contributed by atoms with Crippen molar-refractivity contribution < 1.29 is 4.79 Å². The van der Waals surface area contributed by atoms with E-state index in [-0.39, 0.29) is 5.91 Å². The molecule has 0 atom stereocenters. The van der Waals surface area contributed by atoms with Crippen molar-refractivity contribution in [3.63, 3.8) is 0 Å². The Hall–Kier alpha value is -2.00. The first kappa shape index (κ1) is 15.9. The van der Waals surface area contributed by atoms with Gasteiger partial charge in [-0.2, -0.15) is 0 Å². The van der Waals surface area contributed by atoms with Gasteiger partial charge >= 0.3 is 0 Å². The minimum atomic E-state index is -0.173. The highest BCUT2D eigenvalue weighted by atomic mass is 35.5. The number of piperidine rings is 1. The summed E-state index contributed by atoms with van der Waals surface area (Å²) in [5.41, 5.74) is 2.42. The van der Waals surface area contributed by atoms with Gasteiger partial charge in [-0.15, -0.1) is 0 Å². The van der Waals surface area contributed by atoms with Gasteiger partial charge in [0.15, 0.2) is 0 Å². The second kappa shape index (κ2) is 7.05. The Morgan fingerprint density at radius 2 is 1.74 bits per heavy atom. The highest BCUT2D eigenvalue weighted by Crippen LogP contribution is 2.30. The van der Waals surface area contributed by atoms with Crippen molar-refractivity contribution in [3.05, 3.63) is 59.1 Å². The number of nitrogens with one attached hydrogen (secondary N) is 1. The van der Waals surface area contributed by atoms with Crippen molar-refractivity contribution in [2.45, 2.75) is 19.8 Å². The first-order chi connectivity index (χ1) is 11.1. The molecule has 2 aromatic rings. The molecule has 1 aliphatic heterocycles. The molecular formula is C19H21ClN2O. The summed E-state index contributed by atoms with van der Waals surface area (Å²) in [7, 11) is 0. The highest BCUT2D eigenvalue weighted by Gasteiger charge is 2.19. The zero-order chi connectivity index (χ0) is 16.2. The average molecular weight is 329 g/mol. The van der Waals surface area contributed by atoms with Crippen LogP contribution in [0.25, 0.3) is 0 Å². The van der Waals surface area contributed by atoms with Gasteiger partial charge in [-0.1, -0.05) is 42.8 Å². The topological polar surface area (TPSA) is 32.3 Å². The van der Waals surface area contributed by atoms with Gasteiger partial charge in [0, 0.05) is 13.1 Å². The number of carbonyl (C=O) groups excluding carboxylic acids is 1. The SMILES string of the molecule is CC1CCN(c2ccccc2NC(=O)c2ccccc2Cl)CC1. The maximum atomic E-state index is 12.5. The third-order valence-electron chi connectivity index (χ3n) is 4.40. The van der Waals surface area contributed by atoms with Crippen molar-refractivity contribution in [2.24, 2.45) is 5.92 Å². The Balaban J connectivity index is 1.81. The lowest BCUT2D eigenvalue weighted by atomic mass is 9.98. The minimum Gasteiger partial charge on any atom is -0.370 e. The fraction of sp³-hybridized carbons (Fsp3) is 0.316. The number of rotatable bonds is 3. The van der Waals surface area contributed by atoms with Gasteiger partial charge in [-0.3, -0.25) is 4.79 Å². The Morgan fingerprint density at radius 1 is 1.09 bits per heavy atom. The molecule has 0 unspecified atom stereocenters. The van der Waals surface area contributed by atoms with Crippen LogP contribution in [-0.4, -0.2) is 19.0 Å². The summed E-state index contributed by atoms with van der Waals surface area (Å²) < 4.78 is 0. The van der Waals surface area contributed by atoms with Crippen molar-refractivity contribution in [1.82, 2.24) is 0 Å². The van der Waals surface area contributed by atoms with Crippen LogP contribution in [0.3, 0.4) is 0 Å². The normalized spacial score (nSPS) is 15.5. The molecule has 3 nitrogen and oxygen atoms in total. The summed E-state index contributed by atoms with van der Waals surface area (Å²) >= 11 is 6.12. The zero-order valence-corrected chi connectivity index (χ0v) is 14.0. The first-order valence-electron chi connectivity index (χ1n) is 8.05. The number of nitrogens with zero attached hydrogens (tertiary/aromatic N) is 1. The molecular weight excluding hydrogens is 308 g/mol. The molecule has 1 fully saturated rings. The second-order valence-corrected chi connectivity index (χ2v) is 6.53. The third kappa shape index (κ3) is 3.67. The predicted octanol–water partition coefficient (Wildman–Crippen LogP) is 4.83. The number of carbonyl (C=O) groups is 1. The monoisotopic (exact) mass is 328 g/mol. The van der Waals surface area contributed by atoms with Crippen molar-refractivity contribution >= 4 is 28.9 Å². The van der Waals surface area contributed by atoms with E-state index >= 15 is 0 Å². The van der Waals surface area contributed by atoms with E-state index in [1.165, 1.54) is 12.8 Å². The molecule has 1 N–H and O–H groups in total. The molecule has 0 radical (unpaired) electrons. The summed E-state index contributed by atoms with van der Waals surface area (Å²) in [5.74, 6) is 0.601. The summed E-state index contributed by atoms with van der Waals surface area (Å²) in [5, 5.41) is 3.48. The number of halogens is 1. The fourth-order valence-corrected chi connectivity index (χ4v) is 3.16. The molecule has 4 heteroatoms. The average Bonchev–Trinajstić information content (AvgIpc) is 2.56. The lowest BCUT2D eigenvalue weighted by Crippen LogP contribution is -2.33. The van der Waals surface area contributed by atoms with E-state index < -0.39 is 0 Å². The van der Waals surface area contributed by atoms with Crippen LogP contribution in [0.15, 0.2) is 48.5 Å². The van der Waals surface area contributed by atoms with E-state index in [1.54, 1.807) is 12.1 Å². The fourth-order valence-electron chi connectivity index (χ4n) is 2.94. The second-order valence-electron chi connectivity index (χ2n) is 6.12. The molecule has 120 valence electrons.